The molecule has 1 aliphatic rings. The van der Waals surface area contributed by atoms with E-state index < -0.39 is 6.03 Å². The smallest absolute Gasteiger partial charge is 0.328 e. The van der Waals surface area contributed by atoms with Crippen LogP contribution in [0.1, 0.15) is 5.56 Å². The molecule has 0 atom stereocenters. The van der Waals surface area contributed by atoms with Crippen molar-refractivity contribution in [3.63, 3.8) is 0 Å². The van der Waals surface area contributed by atoms with E-state index in [4.69, 9.17) is 0 Å². The molecule has 6 heteroatoms. The van der Waals surface area contributed by atoms with Gasteiger partial charge in [-0.15, -0.1) is 0 Å². The SMILES string of the molecule is CN1C(=O)N/C(=C\c2c[nH]c3ncccc23)C1=O. The highest BCUT2D eigenvalue weighted by molar-refractivity contribution is 6.14. The Balaban J connectivity index is 2.07. The van der Waals surface area contributed by atoms with Gasteiger partial charge in [0.1, 0.15) is 11.3 Å². The number of fused-ring (bicyclic) bond motifs is 1. The number of pyridine rings is 1. The fourth-order valence-electron chi connectivity index (χ4n) is 1.88. The predicted molar refractivity (Wildman–Crippen MR) is 65.4 cm³/mol. The average molecular weight is 242 g/mol. The van der Waals surface area contributed by atoms with Crippen molar-refractivity contribution in [1.82, 2.24) is 20.2 Å². The van der Waals surface area contributed by atoms with Crippen LogP contribution in [0.5, 0.6) is 0 Å². The molecule has 0 radical (unpaired) electrons. The number of nitrogens with zero attached hydrogens (tertiary/aromatic N) is 2. The minimum Gasteiger partial charge on any atom is -0.346 e. The number of aromatic amines is 1. The summed E-state index contributed by atoms with van der Waals surface area (Å²) in [7, 11) is 1.44. The second kappa shape index (κ2) is 3.69. The predicted octanol–water partition coefficient (Wildman–Crippen LogP) is 1.09. The molecule has 6 nitrogen and oxygen atoms in total. The molecule has 1 aliphatic heterocycles. The fraction of sp³-hybridized carbons (Fsp3) is 0.0833. The Morgan fingerprint density at radius 2 is 2.22 bits per heavy atom. The molecule has 3 rings (SSSR count). The Hall–Kier alpha value is -2.63. The van der Waals surface area contributed by atoms with Crippen molar-refractivity contribution < 1.29 is 9.59 Å². The maximum Gasteiger partial charge on any atom is 0.328 e. The highest BCUT2D eigenvalue weighted by atomic mass is 16.2. The molecule has 0 bridgehead atoms. The summed E-state index contributed by atoms with van der Waals surface area (Å²) in [6.07, 6.45) is 5.08. The summed E-state index contributed by atoms with van der Waals surface area (Å²) >= 11 is 0. The van der Waals surface area contributed by atoms with Gasteiger partial charge in [0.05, 0.1) is 0 Å². The largest absolute Gasteiger partial charge is 0.346 e. The number of aromatic nitrogens is 2. The molecular weight excluding hydrogens is 232 g/mol. The number of hydrogen-bond donors (Lipinski definition) is 2. The lowest BCUT2D eigenvalue weighted by molar-refractivity contribution is -0.121. The van der Waals surface area contributed by atoms with Gasteiger partial charge in [-0.1, -0.05) is 0 Å². The van der Waals surface area contributed by atoms with Gasteiger partial charge in [-0.05, 0) is 18.2 Å². The van der Waals surface area contributed by atoms with Gasteiger partial charge in [-0.25, -0.2) is 9.78 Å². The van der Waals surface area contributed by atoms with Crippen LogP contribution in [0.25, 0.3) is 17.1 Å². The highest BCUT2D eigenvalue weighted by Gasteiger charge is 2.30. The molecule has 2 N–H and O–H groups in total. The van der Waals surface area contributed by atoms with Gasteiger partial charge >= 0.3 is 6.03 Å². The van der Waals surface area contributed by atoms with Crippen molar-refractivity contribution in [2.45, 2.75) is 0 Å². The maximum absolute atomic E-state index is 11.7. The Morgan fingerprint density at radius 3 is 2.94 bits per heavy atom. The van der Waals surface area contributed by atoms with Crippen molar-refractivity contribution >= 4 is 29.0 Å². The minimum atomic E-state index is -0.413. The van der Waals surface area contributed by atoms with Crippen LogP contribution >= 0.6 is 0 Å². The topological polar surface area (TPSA) is 78.1 Å². The van der Waals surface area contributed by atoms with Gasteiger partial charge in [-0.2, -0.15) is 0 Å². The first-order chi connectivity index (χ1) is 8.66. The number of carbonyl (C=O) groups excluding carboxylic acids is 2. The molecule has 1 fully saturated rings. The van der Waals surface area contributed by atoms with E-state index in [9.17, 15) is 9.59 Å². The van der Waals surface area contributed by atoms with E-state index in [2.05, 4.69) is 15.3 Å². The van der Waals surface area contributed by atoms with E-state index in [1.54, 1.807) is 18.5 Å². The van der Waals surface area contributed by atoms with E-state index in [-0.39, 0.29) is 11.6 Å². The summed E-state index contributed by atoms with van der Waals surface area (Å²) in [5.41, 5.74) is 1.83. The van der Waals surface area contributed by atoms with Crippen LogP contribution in [-0.4, -0.2) is 33.9 Å². The molecule has 18 heavy (non-hydrogen) atoms. The third kappa shape index (κ3) is 1.46. The Labute approximate surface area is 102 Å². The first-order valence-corrected chi connectivity index (χ1v) is 5.39. The van der Waals surface area contributed by atoms with Gasteiger partial charge in [0.15, 0.2) is 0 Å². The number of imide groups is 1. The quantitative estimate of drug-likeness (QED) is 0.580. The van der Waals surface area contributed by atoms with Crippen molar-refractivity contribution in [3.8, 4) is 0 Å². The van der Waals surface area contributed by atoms with Gasteiger partial charge in [0.2, 0.25) is 0 Å². The number of nitrogens with one attached hydrogen (secondary N) is 2. The van der Waals surface area contributed by atoms with Crippen molar-refractivity contribution in [2.75, 3.05) is 7.05 Å². The summed E-state index contributed by atoms with van der Waals surface area (Å²) in [5.74, 6) is -0.335. The number of rotatable bonds is 1. The lowest BCUT2D eigenvalue weighted by Crippen LogP contribution is -2.25. The Kier molecular flexibility index (Phi) is 2.16. The lowest BCUT2D eigenvalue weighted by Gasteiger charge is -1.99. The Morgan fingerprint density at radius 1 is 1.39 bits per heavy atom. The standard InChI is InChI=1S/C12H10N4O2/c1-16-11(17)9(15-12(16)18)5-7-6-14-10-8(7)3-2-4-13-10/h2-6H,1H3,(H,13,14)(H,15,18)/b9-5-. The summed E-state index contributed by atoms with van der Waals surface area (Å²) in [5, 5.41) is 3.42. The van der Waals surface area contributed by atoms with E-state index >= 15 is 0 Å². The molecule has 0 aromatic carbocycles. The number of urea groups is 1. The van der Waals surface area contributed by atoms with Crippen molar-refractivity contribution in [2.24, 2.45) is 0 Å². The van der Waals surface area contributed by atoms with Crippen LogP contribution in [0.15, 0.2) is 30.2 Å². The van der Waals surface area contributed by atoms with Gasteiger partial charge in [0, 0.05) is 30.4 Å². The number of H-pyrrole nitrogens is 1. The molecule has 0 spiro atoms. The van der Waals surface area contributed by atoms with E-state index in [0.717, 1.165) is 21.5 Å². The molecule has 3 heterocycles. The molecule has 0 saturated carbocycles. The lowest BCUT2D eigenvalue weighted by atomic mass is 10.2. The first kappa shape index (κ1) is 10.5. The number of amides is 3. The second-order valence-corrected chi connectivity index (χ2v) is 4.00. The minimum absolute atomic E-state index is 0.271. The fourth-order valence-corrected chi connectivity index (χ4v) is 1.88. The number of hydrogen-bond acceptors (Lipinski definition) is 3. The van der Waals surface area contributed by atoms with E-state index in [1.807, 2.05) is 12.1 Å². The summed E-state index contributed by atoms with van der Waals surface area (Å²) < 4.78 is 0. The highest BCUT2D eigenvalue weighted by Crippen LogP contribution is 2.19. The number of carbonyl (C=O) groups is 2. The van der Waals surface area contributed by atoms with Crippen LogP contribution in [0.2, 0.25) is 0 Å². The molecule has 2 aromatic rings. The first-order valence-electron chi connectivity index (χ1n) is 5.39. The van der Waals surface area contributed by atoms with Crippen molar-refractivity contribution in [1.29, 1.82) is 0 Å². The second-order valence-electron chi connectivity index (χ2n) is 4.00. The van der Waals surface area contributed by atoms with E-state index in [1.165, 1.54) is 7.05 Å². The van der Waals surface area contributed by atoms with Crippen LogP contribution in [0, 0.1) is 0 Å². The average Bonchev–Trinajstić information content (AvgIpc) is 2.89. The van der Waals surface area contributed by atoms with Crippen LogP contribution in [0.3, 0.4) is 0 Å². The molecule has 90 valence electrons. The summed E-state index contributed by atoms with van der Waals surface area (Å²) in [6, 6.07) is 3.31. The Bertz CT molecular complexity index is 686. The van der Waals surface area contributed by atoms with Gasteiger partial charge < -0.3 is 10.3 Å². The molecule has 0 aliphatic carbocycles. The monoisotopic (exact) mass is 242 g/mol. The van der Waals surface area contributed by atoms with E-state index in [0.29, 0.717) is 0 Å². The molecule has 0 unspecified atom stereocenters. The maximum atomic E-state index is 11.7. The van der Waals surface area contributed by atoms with Crippen LogP contribution < -0.4 is 5.32 Å². The molecule has 1 saturated heterocycles. The summed E-state index contributed by atoms with van der Waals surface area (Å²) in [6.45, 7) is 0. The molecule has 2 aromatic heterocycles. The van der Waals surface area contributed by atoms with Gasteiger partial charge in [-0.3, -0.25) is 9.69 Å². The number of likely N-dealkylation sites (N-methyl/N-ethyl adjacent to an activating group) is 1. The van der Waals surface area contributed by atoms with Gasteiger partial charge in [0.25, 0.3) is 5.91 Å². The zero-order chi connectivity index (χ0) is 12.7. The zero-order valence-corrected chi connectivity index (χ0v) is 9.60. The summed E-state index contributed by atoms with van der Waals surface area (Å²) in [4.78, 5) is 31.3. The molecule has 3 amide bonds. The normalized spacial score (nSPS) is 17.8. The van der Waals surface area contributed by atoms with Crippen molar-refractivity contribution in [3.05, 3.63) is 35.8 Å². The zero-order valence-electron chi connectivity index (χ0n) is 9.60. The third-order valence-electron chi connectivity index (χ3n) is 2.86. The van der Waals surface area contributed by atoms with Crippen LogP contribution in [0.4, 0.5) is 4.79 Å². The van der Waals surface area contributed by atoms with Crippen LogP contribution in [-0.2, 0) is 4.79 Å². The molecular formula is C12H10N4O2. The third-order valence-corrected chi connectivity index (χ3v) is 2.86.